The van der Waals surface area contributed by atoms with E-state index in [2.05, 4.69) is 4.98 Å². The van der Waals surface area contributed by atoms with Gasteiger partial charge in [-0.1, -0.05) is 11.6 Å². The van der Waals surface area contributed by atoms with E-state index in [0.29, 0.717) is 6.20 Å². The molecule has 1 fully saturated rings. The monoisotopic (exact) mass is 307 g/mol. The molecule has 1 aliphatic heterocycles. The fourth-order valence-electron chi connectivity index (χ4n) is 1.85. The van der Waals surface area contributed by atoms with Crippen molar-refractivity contribution in [3.8, 4) is 0 Å². The topological polar surface area (TPSA) is 31.4 Å². The summed E-state index contributed by atoms with van der Waals surface area (Å²) in [6, 6.07) is 1.13. The molecular formula is C12H14BClF3NO2. The predicted molar refractivity (Wildman–Crippen MR) is 70.0 cm³/mol. The average Bonchev–Trinajstić information content (AvgIpc) is 2.46. The number of aromatic nitrogens is 1. The predicted octanol–water partition coefficient (Wildman–Crippen LogP) is 3.05. The first-order valence-corrected chi connectivity index (χ1v) is 6.40. The highest BCUT2D eigenvalue weighted by Crippen LogP contribution is 2.38. The van der Waals surface area contributed by atoms with Crippen molar-refractivity contribution in [2.75, 3.05) is 0 Å². The second kappa shape index (κ2) is 4.61. The Morgan fingerprint density at radius 1 is 1.15 bits per heavy atom. The van der Waals surface area contributed by atoms with Crippen LogP contribution < -0.4 is 5.46 Å². The number of hydrogen-bond donors (Lipinski definition) is 0. The highest BCUT2D eigenvalue weighted by atomic mass is 35.5. The van der Waals surface area contributed by atoms with Crippen LogP contribution in [-0.2, 0) is 15.5 Å². The quantitative estimate of drug-likeness (QED) is 0.590. The van der Waals surface area contributed by atoms with Gasteiger partial charge in [0.05, 0.1) is 16.8 Å². The van der Waals surface area contributed by atoms with Gasteiger partial charge in [0.1, 0.15) is 5.15 Å². The van der Waals surface area contributed by atoms with Crippen molar-refractivity contribution in [2.45, 2.75) is 45.1 Å². The molecule has 1 aromatic rings. The molecular weight excluding hydrogens is 293 g/mol. The van der Waals surface area contributed by atoms with E-state index in [1.54, 1.807) is 27.7 Å². The van der Waals surface area contributed by atoms with Gasteiger partial charge in [-0.05, 0) is 39.2 Å². The number of pyridine rings is 1. The molecule has 0 aromatic carbocycles. The molecule has 0 unspecified atom stereocenters. The molecule has 0 radical (unpaired) electrons. The summed E-state index contributed by atoms with van der Waals surface area (Å²) >= 11 is 5.70. The lowest BCUT2D eigenvalue weighted by molar-refractivity contribution is -0.137. The average molecular weight is 308 g/mol. The van der Waals surface area contributed by atoms with Crippen LogP contribution in [0.5, 0.6) is 0 Å². The van der Waals surface area contributed by atoms with Crippen molar-refractivity contribution in [1.82, 2.24) is 4.98 Å². The van der Waals surface area contributed by atoms with Crippen molar-refractivity contribution in [2.24, 2.45) is 0 Å². The molecule has 0 bridgehead atoms. The Morgan fingerprint density at radius 3 is 2.10 bits per heavy atom. The lowest BCUT2D eigenvalue weighted by Crippen LogP contribution is -2.41. The Labute approximate surface area is 120 Å². The molecule has 1 aromatic heterocycles. The van der Waals surface area contributed by atoms with E-state index in [1.165, 1.54) is 0 Å². The molecule has 0 N–H and O–H groups in total. The fourth-order valence-corrected chi connectivity index (χ4v) is 2.01. The summed E-state index contributed by atoms with van der Waals surface area (Å²) in [5, 5.41) is -0.0392. The van der Waals surface area contributed by atoms with Gasteiger partial charge >= 0.3 is 13.3 Å². The summed E-state index contributed by atoms with van der Waals surface area (Å²) in [7, 11) is -1.13. The van der Waals surface area contributed by atoms with Gasteiger partial charge in [0.15, 0.2) is 0 Å². The molecule has 0 aliphatic carbocycles. The third kappa shape index (κ3) is 2.66. The van der Waals surface area contributed by atoms with Gasteiger partial charge in [-0.15, -0.1) is 0 Å². The second-order valence-corrected chi connectivity index (χ2v) is 6.07. The van der Waals surface area contributed by atoms with E-state index >= 15 is 0 Å². The van der Waals surface area contributed by atoms with E-state index in [1.807, 2.05) is 0 Å². The van der Waals surface area contributed by atoms with Gasteiger partial charge in [0.25, 0.3) is 0 Å². The van der Waals surface area contributed by atoms with E-state index in [-0.39, 0.29) is 10.6 Å². The second-order valence-electron chi connectivity index (χ2n) is 5.68. The van der Waals surface area contributed by atoms with Crippen LogP contribution >= 0.6 is 11.6 Å². The van der Waals surface area contributed by atoms with E-state index in [9.17, 15) is 13.2 Å². The lowest BCUT2D eigenvalue weighted by Gasteiger charge is -2.32. The molecule has 2 rings (SSSR count). The number of halogens is 4. The van der Waals surface area contributed by atoms with E-state index in [0.717, 1.165) is 6.07 Å². The maximum atomic E-state index is 13.0. The molecule has 1 aliphatic rings. The number of hydrogen-bond acceptors (Lipinski definition) is 3. The summed E-state index contributed by atoms with van der Waals surface area (Å²) in [6.45, 7) is 7.07. The van der Waals surface area contributed by atoms with Crippen molar-refractivity contribution < 1.29 is 22.5 Å². The largest absolute Gasteiger partial charge is 0.495 e. The zero-order valence-electron chi connectivity index (χ0n) is 11.5. The number of rotatable bonds is 1. The maximum absolute atomic E-state index is 13.0. The van der Waals surface area contributed by atoms with Gasteiger partial charge in [-0.25, -0.2) is 4.98 Å². The summed E-state index contributed by atoms with van der Waals surface area (Å²) in [5.74, 6) is 0. The standard InChI is InChI=1S/C12H14BClF3NO2/c1-10(2)11(3,4)20-13(19-10)8-5-9(14)18-6-7(8)12(15,16)17/h5-6H,1-4H3. The Kier molecular flexibility index (Phi) is 3.60. The van der Waals surface area contributed by atoms with Crippen LogP contribution in [0.2, 0.25) is 5.15 Å². The third-order valence-corrected chi connectivity index (χ3v) is 3.92. The van der Waals surface area contributed by atoms with Crippen LogP contribution in [0.25, 0.3) is 0 Å². The van der Waals surface area contributed by atoms with Gasteiger partial charge < -0.3 is 9.31 Å². The number of nitrogens with zero attached hydrogens (tertiary/aromatic N) is 1. The highest BCUT2D eigenvalue weighted by Gasteiger charge is 2.53. The first-order chi connectivity index (χ1) is 8.94. The molecule has 0 saturated carbocycles. The normalized spacial score (nSPS) is 21.3. The minimum absolute atomic E-state index is 0.0392. The van der Waals surface area contributed by atoms with E-state index < -0.39 is 30.1 Å². The van der Waals surface area contributed by atoms with Crippen LogP contribution in [0.15, 0.2) is 12.3 Å². The molecule has 1 saturated heterocycles. The first kappa shape index (κ1) is 15.6. The summed E-state index contributed by atoms with van der Waals surface area (Å²) < 4.78 is 50.3. The zero-order chi connectivity index (χ0) is 15.3. The molecule has 8 heteroatoms. The Hall–Kier alpha value is -0.785. The van der Waals surface area contributed by atoms with Gasteiger partial charge in [0.2, 0.25) is 0 Å². The SMILES string of the molecule is CC1(C)OB(c2cc(Cl)ncc2C(F)(F)F)OC1(C)C. The van der Waals surface area contributed by atoms with Gasteiger partial charge in [-0.2, -0.15) is 13.2 Å². The summed E-state index contributed by atoms with van der Waals surface area (Å²) in [6.07, 6.45) is -3.85. The summed E-state index contributed by atoms with van der Waals surface area (Å²) in [4.78, 5) is 3.48. The van der Waals surface area contributed by atoms with Crippen molar-refractivity contribution in [1.29, 1.82) is 0 Å². The fraction of sp³-hybridized carbons (Fsp3) is 0.583. The molecule has 20 heavy (non-hydrogen) atoms. The summed E-state index contributed by atoms with van der Waals surface area (Å²) in [5.41, 5.74) is -2.51. The first-order valence-electron chi connectivity index (χ1n) is 6.02. The molecule has 2 heterocycles. The molecule has 0 atom stereocenters. The molecule has 0 amide bonds. The van der Waals surface area contributed by atoms with Crippen LogP contribution in [0, 0.1) is 0 Å². The van der Waals surface area contributed by atoms with Gasteiger partial charge in [0, 0.05) is 6.20 Å². The molecule has 3 nitrogen and oxygen atoms in total. The zero-order valence-corrected chi connectivity index (χ0v) is 12.3. The smallest absolute Gasteiger partial charge is 0.399 e. The minimum atomic E-state index is -4.55. The third-order valence-electron chi connectivity index (χ3n) is 3.72. The minimum Gasteiger partial charge on any atom is -0.399 e. The lowest BCUT2D eigenvalue weighted by atomic mass is 9.76. The Balaban J connectivity index is 2.47. The highest BCUT2D eigenvalue weighted by molar-refractivity contribution is 6.63. The van der Waals surface area contributed by atoms with Crippen LogP contribution in [0.3, 0.4) is 0 Å². The Bertz CT molecular complexity index is 518. The Morgan fingerprint density at radius 2 is 1.65 bits per heavy atom. The number of alkyl halides is 3. The van der Waals surface area contributed by atoms with E-state index in [4.69, 9.17) is 20.9 Å². The van der Waals surface area contributed by atoms with Crippen LogP contribution in [-0.4, -0.2) is 23.3 Å². The molecule has 0 spiro atoms. The van der Waals surface area contributed by atoms with Crippen molar-refractivity contribution in [3.63, 3.8) is 0 Å². The van der Waals surface area contributed by atoms with Gasteiger partial charge in [-0.3, -0.25) is 0 Å². The van der Waals surface area contributed by atoms with Crippen LogP contribution in [0.1, 0.15) is 33.3 Å². The maximum Gasteiger partial charge on any atom is 0.495 e. The molecule has 110 valence electrons. The van der Waals surface area contributed by atoms with Crippen LogP contribution in [0.4, 0.5) is 13.2 Å². The van der Waals surface area contributed by atoms with Crippen molar-refractivity contribution in [3.05, 3.63) is 23.0 Å². The van der Waals surface area contributed by atoms with Crippen molar-refractivity contribution >= 4 is 24.2 Å².